The average Bonchev–Trinajstić information content (AvgIpc) is 3.26. The molecule has 1 nitrogen and oxygen atoms in total. The summed E-state index contributed by atoms with van der Waals surface area (Å²) in [7, 11) is 0. The Hall–Kier alpha value is -2.28. The second kappa shape index (κ2) is 5.84. The molecule has 1 saturated heterocycles. The largest absolute Gasteiger partial charge is 0.375 e. The first-order chi connectivity index (χ1) is 10.9. The number of rotatable bonds is 3. The highest BCUT2D eigenvalue weighted by atomic mass is 15.1. The third-order valence-corrected chi connectivity index (χ3v) is 4.71. The van der Waals surface area contributed by atoms with Crippen LogP contribution in [-0.4, -0.2) is 18.0 Å². The minimum Gasteiger partial charge on any atom is -0.375 e. The number of hydrogen-bond donors (Lipinski definition) is 0. The van der Waals surface area contributed by atoms with Crippen LogP contribution in [0.5, 0.6) is 0 Å². The molecule has 2 aromatic carbocycles. The maximum absolute atomic E-state index is 2.57. The van der Waals surface area contributed by atoms with Gasteiger partial charge in [-0.2, -0.15) is 0 Å². The van der Waals surface area contributed by atoms with E-state index in [9.17, 15) is 0 Å². The summed E-state index contributed by atoms with van der Waals surface area (Å²) in [6.45, 7) is 2.44. The van der Waals surface area contributed by atoms with Crippen molar-refractivity contribution in [1.29, 1.82) is 0 Å². The van der Waals surface area contributed by atoms with E-state index in [1.165, 1.54) is 53.9 Å². The van der Waals surface area contributed by atoms with Crippen LogP contribution in [0.1, 0.15) is 30.4 Å². The molecule has 0 amide bonds. The number of benzene rings is 2. The van der Waals surface area contributed by atoms with Gasteiger partial charge in [-0.05, 0) is 41.2 Å². The fourth-order valence-corrected chi connectivity index (χ4v) is 3.56. The van der Waals surface area contributed by atoms with Crippen LogP contribution in [-0.2, 0) is 0 Å². The first-order valence-electron chi connectivity index (χ1n) is 8.21. The molecule has 1 heterocycles. The van der Waals surface area contributed by atoms with Crippen molar-refractivity contribution in [3.05, 3.63) is 83.6 Å². The molecular formula is C21H21N. The summed E-state index contributed by atoms with van der Waals surface area (Å²) in [4.78, 5) is 2.57. The molecule has 22 heavy (non-hydrogen) atoms. The van der Waals surface area contributed by atoms with E-state index in [2.05, 4.69) is 71.6 Å². The van der Waals surface area contributed by atoms with Gasteiger partial charge >= 0.3 is 0 Å². The Morgan fingerprint density at radius 1 is 0.682 bits per heavy atom. The summed E-state index contributed by atoms with van der Waals surface area (Å²) in [5.74, 6) is 0. The van der Waals surface area contributed by atoms with Gasteiger partial charge in [-0.3, -0.25) is 0 Å². The Bertz CT molecular complexity index is 704. The second-order valence-corrected chi connectivity index (χ2v) is 6.13. The minimum atomic E-state index is 1.06. The molecule has 2 aliphatic rings. The zero-order valence-corrected chi connectivity index (χ0v) is 12.8. The summed E-state index contributed by atoms with van der Waals surface area (Å²) in [5.41, 5.74) is 7.04. The van der Waals surface area contributed by atoms with Crippen molar-refractivity contribution in [2.24, 2.45) is 0 Å². The van der Waals surface area contributed by atoms with Gasteiger partial charge in [0.1, 0.15) is 0 Å². The Labute approximate surface area is 132 Å². The van der Waals surface area contributed by atoms with Gasteiger partial charge in [0, 0.05) is 25.2 Å². The van der Waals surface area contributed by atoms with E-state index in [4.69, 9.17) is 0 Å². The van der Waals surface area contributed by atoms with Gasteiger partial charge in [-0.1, -0.05) is 60.7 Å². The van der Waals surface area contributed by atoms with Crippen molar-refractivity contribution in [3.8, 4) is 0 Å². The zero-order valence-electron chi connectivity index (χ0n) is 12.8. The van der Waals surface area contributed by atoms with Gasteiger partial charge in [-0.25, -0.2) is 0 Å². The molecule has 0 unspecified atom stereocenters. The van der Waals surface area contributed by atoms with Crippen LogP contribution in [0, 0.1) is 0 Å². The predicted octanol–water partition coefficient (Wildman–Crippen LogP) is 4.98. The molecule has 0 saturated carbocycles. The van der Waals surface area contributed by atoms with Crippen molar-refractivity contribution in [2.75, 3.05) is 13.1 Å². The van der Waals surface area contributed by atoms with Crippen LogP contribution in [0.4, 0.5) is 0 Å². The van der Waals surface area contributed by atoms with Gasteiger partial charge in [0.05, 0.1) is 0 Å². The van der Waals surface area contributed by atoms with E-state index in [-0.39, 0.29) is 0 Å². The first kappa shape index (κ1) is 13.4. The van der Waals surface area contributed by atoms with Crippen LogP contribution in [0.3, 0.4) is 0 Å². The Balaban J connectivity index is 1.76. The molecule has 0 atom stereocenters. The van der Waals surface area contributed by atoms with E-state index >= 15 is 0 Å². The zero-order chi connectivity index (χ0) is 14.8. The van der Waals surface area contributed by atoms with Crippen molar-refractivity contribution in [1.82, 2.24) is 4.90 Å². The van der Waals surface area contributed by atoms with Gasteiger partial charge in [0.25, 0.3) is 0 Å². The predicted molar refractivity (Wildman–Crippen MR) is 93.2 cm³/mol. The Morgan fingerprint density at radius 2 is 1.27 bits per heavy atom. The molecule has 0 bridgehead atoms. The van der Waals surface area contributed by atoms with Crippen LogP contribution in [0.15, 0.2) is 72.4 Å². The third kappa shape index (κ3) is 2.48. The average molecular weight is 287 g/mol. The van der Waals surface area contributed by atoms with Crippen LogP contribution in [0.25, 0.3) is 11.1 Å². The second-order valence-electron chi connectivity index (χ2n) is 6.13. The normalized spacial score (nSPS) is 18.0. The van der Waals surface area contributed by atoms with Gasteiger partial charge in [-0.15, -0.1) is 0 Å². The van der Waals surface area contributed by atoms with E-state index < -0.39 is 0 Å². The van der Waals surface area contributed by atoms with E-state index in [1.54, 1.807) is 0 Å². The highest BCUT2D eigenvalue weighted by Gasteiger charge is 2.23. The molecule has 1 heteroatoms. The fourth-order valence-electron chi connectivity index (χ4n) is 3.56. The minimum absolute atomic E-state index is 1.06. The van der Waals surface area contributed by atoms with Crippen molar-refractivity contribution >= 4 is 11.1 Å². The lowest BCUT2D eigenvalue weighted by molar-refractivity contribution is 0.422. The van der Waals surface area contributed by atoms with E-state index in [0.717, 1.165) is 6.42 Å². The highest BCUT2D eigenvalue weighted by Crippen LogP contribution is 2.40. The quantitative estimate of drug-likeness (QED) is 0.769. The first-order valence-corrected chi connectivity index (χ1v) is 8.21. The standard InChI is InChI=1S/C21H21N/c1-3-9-17(10-4-1)20-15-19(22-13-7-8-14-22)16-21(20)18-11-5-2-6-12-18/h1-6,9-12,15H,7-8,13-14,16H2. The molecule has 0 N–H and O–H groups in total. The van der Waals surface area contributed by atoms with Crippen LogP contribution < -0.4 is 0 Å². The lowest BCUT2D eigenvalue weighted by atomic mass is 9.97. The van der Waals surface area contributed by atoms with Gasteiger partial charge < -0.3 is 4.90 Å². The Morgan fingerprint density at radius 3 is 1.91 bits per heavy atom. The highest BCUT2D eigenvalue weighted by molar-refractivity contribution is 5.99. The van der Waals surface area contributed by atoms with Gasteiger partial charge in [0.2, 0.25) is 0 Å². The molecule has 2 aromatic rings. The van der Waals surface area contributed by atoms with Crippen LogP contribution in [0.2, 0.25) is 0 Å². The molecule has 1 aliphatic carbocycles. The lowest BCUT2D eigenvalue weighted by Crippen LogP contribution is -2.17. The van der Waals surface area contributed by atoms with Gasteiger partial charge in [0.15, 0.2) is 0 Å². The fraction of sp³-hybridized carbons (Fsp3) is 0.238. The Kier molecular flexibility index (Phi) is 3.56. The smallest absolute Gasteiger partial charge is 0.0184 e. The van der Waals surface area contributed by atoms with Crippen molar-refractivity contribution in [2.45, 2.75) is 19.3 Å². The molecule has 0 radical (unpaired) electrons. The monoisotopic (exact) mass is 287 g/mol. The number of allylic oxidation sites excluding steroid dienone is 3. The number of hydrogen-bond acceptors (Lipinski definition) is 1. The molecule has 1 fully saturated rings. The number of likely N-dealkylation sites (tertiary alicyclic amines) is 1. The van der Waals surface area contributed by atoms with E-state index in [1.807, 2.05) is 0 Å². The molecule has 4 rings (SSSR count). The summed E-state index contributed by atoms with van der Waals surface area (Å²) < 4.78 is 0. The summed E-state index contributed by atoms with van der Waals surface area (Å²) >= 11 is 0. The van der Waals surface area contributed by atoms with E-state index in [0.29, 0.717) is 0 Å². The maximum Gasteiger partial charge on any atom is 0.0184 e. The lowest BCUT2D eigenvalue weighted by Gasteiger charge is -2.19. The topological polar surface area (TPSA) is 3.24 Å². The molecular weight excluding hydrogens is 266 g/mol. The van der Waals surface area contributed by atoms with Crippen molar-refractivity contribution in [3.63, 3.8) is 0 Å². The summed E-state index contributed by atoms with van der Waals surface area (Å²) in [6.07, 6.45) is 6.15. The SMILES string of the molecule is C1=C(N2CCCC2)CC(c2ccccc2)=C1c1ccccc1. The maximum atomic E-state index is 2.57. The van der Waals surface area contributed by atoms with Crippen LogP contribution >= 0.6 is 0 Å². The molecule has 1 aliphatic heterocycles. The number of nitrogens with zero attached hydrogens (tertiary/aromatic N) is 1. The summed E-state index contributed by atoms with van der Waals surface area (Å²) in [5, 5.41) is 0. The molecule has 110 valence electrons. The molecule has 0 aromatic heterocycles. The third-order valence-electron chi connectivity index (χ3n) is 4.71. The summed E-state index contributed by atoms with van der Waals surface area (Å²) in [6, 6.07) is 21.6. The van der Waals surface area contributed by atoms with Crippen molar-refractivity contribution < 1.29 is 0 Å². The molecule has 0 spiro atoms.